The Hall–Kier alpha value is -1.50. The van der Waals surface area contributed by atoms with E-state index in [2.05, 4.69) is 10.6 Å². The molecule has 0 aromatic rings. The zero-order valence-electron chi connectivity index (χ0n) is 14.4. The van der Waals surface area contributed by atoms with Gasteiger partial charge in [-0.1, -0.05) is 6.42 Å². The molecule has 1 rings (SSSR count). The molecule has 0 aromatic heterocycles. The first-order valence-electron chi connectivity index (χ1n) is 8.52. The van der Waals surface area contributed by atoms with Crippen LogP contribution in [0.5, 0.6) is 0 Å². The van der Waals surface area contributed by atoms with Gasteiger partial charge in [-0.2, -0.15) is 0 Å². The molecule has 11 heteroatoms. The molecule has 1 fully saturated rings. The van der Waals surface area contributed by atoms with E-state index in [0.29, 0.717) is 25.8 Å². The second-order valence-corrected chi connectivity index (χ2v) is 5.96. The summed E-state index contributed by atoms with van der Waals surface area (Å²) in [6.07, 6.45) is -5.45. The van der Waals surface area contributed by atoms with Crippen molar-refractivity contribution in [1.29, 1.82) is 0 Å². The molecule has 2 amide bonds. The molecule has 0 radical (unpaired) electrons. The fourth-order valence-electron chi connectivity index (χ4n) is 2.44. The molecule has 152 valence electrons. The van der Waals surface area contributed by atoms with Crippen molar-refractivity contribution in [2.75, 3.05) is 26.3 Å². The number of carbonyl (C=O) groups is 2. The van der Waals surface area contributed by atoms with E-state index in [1.807, 2.05) is 0 Å². The summed E-state index contributed by atoms with van der Waals surface area (Å²) < 4.78 is 10.4. The van der Waals surface area contributed by atoms with E-state index >= 15 is 0 Å². The predicted octanol–water partition coefficient (Wildman–Crippen LogP) is -2.25. The van der Waals surface area contributed by atoms with Crippen LogP contribution in [0.15, 0.2) is 0 Å². The van der Waals surface area contributed by atoms with Gasteiger partial charge in [-0.25, -0.2) is 4.79 Å². The quantitative estimate of drug-likeness (QED) is 0.195. The fourth-order valence-corrected chi connectivity index (χ4v) is 2.44. The van der Waals surface area contributed by atoms with Crippen LogP contribution in [0.3, 0.4) is 0 Å². The normalized spacial score (nSPS) is 28.5. The molecule has 0 aromatic carbocycles. The minimum Gasteiger partial charge on any atom is -0.465 e. The van der Waals surface area contributed by atoms with Gasteiger partial charge in [0.05, 0.1) is 13.2 Å². The van der Waals surface area contributed by atoms with Crippen LogP contribution in [0.4, 0.5) is 4.79 Å². The second-order valence-electron chi connectivity index (χ2n) is 5.96. The molecule has 1 aliphatic heterocycles. The number of hydrogen-bond donors (Lipinski definition) is 7. The summed E-state index contributed by atoms with van der Waals surface area (Å²) in [5.74, 6) is -0.186. The summed E-state index contributed by atoms with van der Waals surface area (Å²) in [5.41, 5.74) is 0. The van der Waals surface area contributed by atoms with Gasteiger partial charge in [0.25, 0.3) is 0 Å². The average Bonchev–Trinajstić information content (AvgIpc) is 2.61. The van der Waals surface area contributed by atoms with Gasteiger partial charge in [0.15, 0.2) is 6.29 Å². The molecule has 0 bridgehead atoms. The molecule has 1 aliphatic rings. The van der Waals surface area contributed by atoms with E-state index in [-0.39, 0.29) is 19.1 Å². The first-order chi connectivity index (χ1) is 12.4. The minimum atomic E-state index is -1.50. The van der Waals surface area contributed by atoms with Crippen LogP contribution in [0.2, 0.25) is 0 Å². The number of rotatable bonds is 11. The Balaban J connectivity index is 2.11. The highest BCUT2D eigenvalue weighted by atomic mass is 16.7. The molecule has 26 heavy (non-hydrogen) atoms. The molecule has 1 saturated heterocycles. The Morgan fingerprint density at radius 1 is 0.962 bits per heavy atom. The molecule has 11 nitrogen and oxygen atoms in total. The van der Waals surface area contributed by atoms with Gasteiger partial charge in [-0.05, 0) is 12.8 Å². The van der Waals surface area contributed by atoms with Crippen LogP contribution in [0.1, 0.15) is 25.7 Å². The van der Waals surface area contributed by atoms with Crippen LogP contribution < -0.4 is 10.6 Å². The van der Waals surface area contributed by atoms with Gasteiger partial charge in [0.2, 0.25) is 5.91 Å². The highest BCUT2D eigenvalue weighted by Gasteiger charge is 2.43. The van der Waals surface area contributed by atoms with Crippen LogP contribution in [0, 0.1) is 0 Å². The lowest BCUT2D eigenvalue weighted by Gasteiger charge is -2.39. The number of unbranched alkanes of at least 4 members (excludes halogenated alkanes) is 2. The number of carbonyl (C=O) groups excluding carboxylic acids is 1. The predicted molar refractivity (Wildman–Crippen MR) is 87.2 cm³/mol. The fraction of sp³-hybridized carbons (Fsp3) is 0.867. The Kier molecular flexibility index (Phi) is 10.4. The lowest BCUT2D eigenvalue weighted by Crippen LogP contribution is -2.59. The molecule has 0 aliphatic carbocycles. The summed E-state index contributed by atoms with van der Waals surface area (Å²) in [5, 5.41) is 51.4. The average molecular weight is 380 g/mol. The van der Waals surface area contributed by atoms with Crippen molar-refractivity contribution in [3.05, 3.63) is 0 Å². The van der Waals surface area contributed by atoms with Crippen molar-refractivity contribution in [2.45, 2.75) is 56.4 Å². The Labute approximate surface area is 150 Å². The van der Waals surface area contributed by atoms with Gasteiger partial charge in [-0.15, -0.1) is 0 Å². The zero-order chi connectivity index (χ0) is 19.5. The molecule has 5 atom stereocenters. The SMILES string of the molecule is O=C(O)NCCCCCC(=O)NCCO[C@H]1O[C@H](CO)[C@@H](O)[C@H](O)[C@@H]1O. The maximum atomic E-state index is 11.6. The summed E-state index contributed by atoms with van der Waals surface area (Å²) >= 11 is 0. The third kappa shape index (κ3) is 7.81. The molecular weight excluding hydrogens is 352 g/mol. The van der Waals surface area contributed by atoms with Crippen LogP contribution in [-0.4, -0.2) is 94.5 Å². The highest BCUT2D eigenvalue weighted by Crippen LogP contribution is 2.21. The van der Waals surface area contributed by atoms with E-state index in [4.69, 9.17) is 19.7 Å². The largest absolute Gasteiger partial charge is 0.465 e. The first-order valence-corrected chi connectivity index (χ1v) is 8.52. The molecule has 0 spiro atoms. The smallest absolute Gasteiger partial charge is 0.404 e. The second kappa shape index (κ2) is 12.0. The lowest BCUT2D eigenvalue weighted by molar-refractivity contribution is -0.300. The van der Waals surface area contributed by atoms with E-state index in [1.54, 1.807) is 0 Å². The van der Waals surface area contributed by atoms with Crippen LogP contribution in [0.25, 0.3) is 0 Å². The number of aliphatic hydroxyl groups is 4. The summed E-state index contributed by atoms with van der Waals surface area (Å²) in [7, 11) is 0. The van der Waals surface area contributed by atoms with Gasteiger partial charge in [0.1, 0.15) is 24.4 Å². The van der Waals surface area contributed by atoms with Crippen LogP contribution in [-0.2, 0) is 14.3 Å². The van der Waals surface area contributed by atoms with Crippen molar-refractivity contribution in [3.8, 4) is 0 Å². The summed E-state index contributed by atoms with van der Waals surface area (Å²) in [6, 6.07) is 0. The third-order valence-electron chi connectivity index (χ3n) is 3.91. The topological polar surface area (TPSA) is 178 Å². The van der Waals surface area contributed by atoms with Gasteiger partial charge >= 0.3 is 6.09 Å². The maximum Gasteiger partial charge on any atom is 0.404 e. The first kappa shape index (κ1) is 22.5. The van der Waals surface area contributed by atoms with Gasteiger partial charge < -0.3 is 45.6 Å². The monoisotopic (exact) mass is 380 g/mol. The zero-order valence-corrected chi connectivity index (χ0v) is 14.4. The molecular formula is C15H28N2O9. The number of ether oxygens (including phenoxy) is 2. The maximum absolute atomic E-state index is 11.6. The standard InChI is InChI=1S/C15H28N2O9/c18-8-9-11(20)12(21)13(22)14(26-9)25-7-6-16-10(19)4-2-1-3-5-17-15(23)24/h9,11-14,17-18,20-22H,1-8H2,(H,16,19)(H,23,24)/t9-,11-,12+,13+,14+/m1/s1. The van der Waals surface area contributed by atoms with Crippen LogP contribution >= 0.6 is 0 Å². The number of carboxylic acid groups (broad SMARTS) is 1. The Morgan fingerprint density at radius 2 is 1.69 bits per heavy atom. The molecule has 1 heterocycles. The van der Waals surface area contributed by atoms with Crippen molar-refractivity contribution in [1.82, 2.24) is 10.6 Å². The summed E-state index contributed by atoms with van der Waals surface area (Å²) in [6.45, 7) is -0.0151. The van der Waals surface area contributed by atoms with Crippen molar-refractivity contribution < 1.29 is 44.6 Å². The number of nitrogens with one attached hydrogen (secondary N) is 2. The Morgan fingerprint density at radius 3 is 2.35 bits per heavy atom. The Bertz CT molecular complexity index is 435. The van der Waals surface area contributed by atoms with Crippen molar-refractivity contribution in [2.24, 2.45) is 0 Å². The van der Waals surface area contributed by atoms with E-state index < -0.39 is 43.4 Å². The number of aliphatic hydroxyl groups excluding tert-OH is 4. The molecule has 7 N–H and O–H groups in total. The summed E-state index contributed by atoms with van der Waals surface area (Å²) in [4.78, 5) is 21.9. The minimum absolute atomic E-state index is 0.0109. The third-order valence-corrected chi connectivity index (χ3v) is 3.91. The van der Waals surface area contributed by atoms with E-state index in [9.17, 15) is 24.9 Å². The lowest BCUT2D eigenvalue weighted by atomic mass is 9.99. The number of amides is 2. The van der Waals surface area contributed by atoms with Crippen molar-refractivity contribution >= 4 is 12.0 Å². The number of hydrogen-bond acceptors (Lipinski definition) is 8. The van der Waals surface area contributed by atoms with Gasteiger partial charge in [-0.3, -0.25) is 4.79 Å². The van der Waals surface area contributed by atoms with E-state index in [1.165, 1.54) is 0 Å². The highest BCUT2D eigenvalue weighted by molar-refractivity contribution is 5.75. The molecule has 0 unspecified atom stereocenters. The van der Waals surface area contributed by atoms with Crippen molar-refractivity contribution in [3.63, 3.8) is 0 Å². The van der Waals surface area contributed by atoms with Gasteiger partial charge in [0, 0.05) is 19.5 Å². The van der Waals surface area contributed by atoms with E-state index in [0.717, 1.165) is 6.42 Å². The molecule has 0 saturated carbocycles.